The monoisotopic (exact) mass is 620 g/mol. The minimum Gasteiger partial charge on any atom is -0.496 e. The highest BCUT2D eigenvalue weighted by molar-refractivity contribution is 6.38. The van der Waals surface area contributed by atoms with Crippen LogP contribution in [-0.2, 0) is 16.2 Å². The predicted molar refractivity (Wildman–Crippen MR) is 169 cm³/mol. The van der Waals surface area contributed by atoms with Crippen LogP contribution in [0, 0.1) is 6.92 Å². The summed E-state index contributed by atoms with van der Waals surface area (Å²) in [5, 5.41) is 6.70. The number of likely N-dealkylation sites (N-methyl/N-ethyl adjacent to an activating group) is 1. The van der Waals surface area contributed by atoms with E-state index in [-0.39, 0.29) is 24.1 Å². The van der Waals surface area contributed by atoms with Gasteiger partial charge in [0, 0.05) is 41.8 Å². The SMILES string of the molecule is CNC(=O)c1ccc(/C=C/C(=O)NCC(=O)N(C)c2ccc(Cl)c(COc3cccc4ccc(C)nc34)c2Cl)cc1OC. The molecule has 9 nitrogen and oxygen atoms in total. The molecular formula is C32H30Cl2N4O5. The molecule has 0 aliphatic rings. The second-order valence-corrected chi connectivity index (χ2v) is 10.3. The number of hydrogen-bond acceptors (Lipinski definition) is 6. The number of pyridine rings is 1. The average molecular weight is 622 g/mol. The lowest BCUT2D eigenvalue weighted by Crippen LogP contribution is -2.37. The molecule has 11 heteroatoms. The molecule has 0 fully saturated rings. The van der Waals surface area contributed by atoms with E-state index in [4.69, 9.17) is 32.7 Å². The molecule has 0 aliphatic carbocycles. The van der Waals surface area contributed by atoms with Crippen molar-refractivity contribution in [3.63, 3.8) is 0 Å². The molecule has 3 amide bonds. The molecule has 0 radical (unpaired) electrons. The van der Waals surface area contributed by atoms with Gasteiger partial charge < -0.3 is 25.0 Å². The fourth-order valence-corrected chi connectivity index (χ4v) is 4.85. The molecule has 0 spiro atoms. The van der Waals surface area contributed by atoms with Crippen LogP contribution < -0.4 is 25.0 Å². The maximum Gasteiger partial charge on any atom is 0.254 e. The van der Waals surface area contributed by atoms with Crippen LogP contribution in [-0.4, -0.2) is 50.5 Å². The number of carbonyl (C=O) groups is 3. The van der Waals surface area contributed by atoms with Gasteiger partial charge >= 0.3 is 0 Å². The number of nitrogens with zero attached hydrogens (tertiary/aromatic N) is 2. The van der Waals surface area contributed by atoms with Crippen molar-refractivity contribution >= 4 is 63.6 Å². The summed E-state index contributed by atoms with van der Waals surface area (Å²) in [6.07, 6.45) is 2.84. The van der Waals surface area contributed by atoms with Crippen LogP contribution in [0.2, 0.25) is 10.0 Å². The highest BCUT2D eigenvalue weighted by Crippen LogP contribution is 2.35. The molecule has 0 aliphatic heterocycles. The van der Waals surface area contributed by atoms with Crippen LogP contribution in [0.1, 0.15) is 27.2 Å². The number of fused-ring (bicyclic) bond motifs is 1. The summed E-state index contributed by atoms with van der Waals surface area (Å²) in [4.78, 5) is 43.2. The molecule has 2 N–H and O–H groups in total. The highest BCUT2D eigenvalue weighted by atomic mass is 35.5. The molecule has 4 aromatic rings. The van der Waals surface area contributed by atoms with Gasteiger partial charge in [-0.05, 0) is 55.0 Å². The largest absolute Gasteiger partial charge is 0.496 e. The van der Waals surface area contributed by atoms with Gasteiger partial charge in [-0.15, -0.1) is 0 Å². The number of anilines is 1. The Morgan fingerprint density at radius 1 is 1.02 bits per heavy atom. The highest BCUT2D eigenvalue weighted by Gasteiger charge is 2.19. The number of ether oxygens (including phenoxy) is 2. The second kappa shape index (κ2) is 14.0. The maximum absolute atomic E-state index is 12.9. The molecule has 0 saturated carbocycles. The van der Waals surface area contributed by atoms with Gasteiger partial charge in [-0.3, -0.25) is 14.4 Å². The number of rotatable bonds is 10. The second-order valence-electron chi connectivity index (χ2n) is 9.47. The lowest BCUT2D eigenvalue weighted by atomic mass is 10.1. The first-order chi connectivity index (χ1) is 20.6. The molecule has 222 valence electrons. The van der Waals surface area contributed by atoms with E-state index < -0.39 is 11.8 Å². The minimum atomic E-state index is -0.480. The number of carbonyl (C=O) groups excluding carboxylic acids is 3. The lowest BCUT2D eigenvalue weighted by Gasteiger charge is -2.21. The number of nitrogens with one attached hydrogen (secondary N) is 2. The topological polar surface area (TPSA) is 110 Å². The van der Waals surface area contributed by atoms with Crippen molar-refractivity contribution in [2.45, 2.75) is 13.5 Å². The third-order valence-electron chi connectivity index (χ3n) is 6.63. The van der Waals surface area contributed by atoms with Crippen LogP contribution in [0.4, 0.5) is 5.69 Å². The first kappa shape index (κ1) is 31.3. The Morgan fingerprint density at radius 3 is 2.56 bits per heavy atom. The minimum absolute atomic E-state index is 0.0543. The average Bonchev–Trinajstić information content (AvgIpc) is 3.01. The number of aryl methyl sites for hydroxylation is 1. The zero-order valence-electron chi connectivity index (χ0n) is 24.0. The molecule has 0 saturated heterocycles. The Morgan fingerprint density at radius 2 is 1.81 bits per heavy atom. The van der Waals surface area contributed by atoms with E-state index in [1.807, 2.05) is 37.3 Å². The fraction of sp³-hybridized carbons (Fsp3) is 0.188. The fourth-order valence-electron chi connectivity index (χ4n) is 4.24. The Labute approximate surface area is 259 Å². The first-order valence-corrected chi connectivity index (χ1v) is 14.0. The van der Waals surface area contributed by atoms with Gasteiger partial charge in [0.2, 0.25) is 11.8 Å². The van der Waals surface area contributed by atoms with Crippen molar-refractivity contribution in [2.75, 3.05) is 32.6 Å². The summed E-state index contributed by atoms with van der Waals surface area (Å²) in [6.45, 7) is 1.69. The zero-order valence-corrected chi connectivity index (χ0v) is 25.5. The Kier molecular flexibility index (Phi) is 10.2. The summed E-state index contributed by atoms with van der Waals surface area (Å²) < 4.78 is 11.3. The molecule has 0 atom stereocenters. The molecule has 3 aromatic carbocycles. The van der Waals surface area contributed by atoms with Crippen molar-refractivity contribution in [1.29, 1.82) is 0 Å². The summed E-state index contributed by atoms with van der Waals surface area (Å²) in [7, 11) is 4.54. The number of hydrogen-bond donors (Lipinski definition) is 2. The van der Waals surface area contributed by atoms with Crippen LogP contribution in [0.3, 0.4) is 0 Å². The number of methoxy groups -OCH3 is 1. The van der Waals surface area contributed by atoms with Crippen LogP contribution >= 0.6 is 23.2 Å². The number of benzene rings is 3. The van der Waals surface area contributed by atoms with E-state index in [0.29, 0.717) is 38.9 Å². The van der Waals surface area contributed by atoms with Gasteiger partial charge in [-0.1, -0.05) is 47.5 Å². The molecule has 1 heterocycles. The van der Waals surface area contributed by atoms with Crippen LogP contribution in [0.15, 0.2) is 66.7 Å². The lowest BCUT2D eigenvalue weighted by molar-refractivity contribution is -0.122. The van der Waals surface area contributed by atoms with Gasteiger partial charge in [0.15, 0.2) is 0 Å². The third kappa shape index (κ3) is 7.43. The first-order valence-electron chi connectivity index (χ1n) is 13.2. The zero-order chi connectivity index (χ0) is 31.1. The third-order valence-corrected chi connectivity index (χ3v) is 7.41. The van der Waals surface area contributed by atoms with Crippen molar-refractivity contribution in [2.24, 2.45) is 0 Å². The summed E-state index contributed by atoms with van der Waals surface area (Å²) >= 11 is 13.2. The van der Waals surface area contributed by atoms with Crippen LogP contribution in [0.5, 0.6) is 11.5 Å². The van der Waals surface area contributed by atoms with E-state index >= 15 is 0 Å². The number of amides is 3. The normalized spacial score (nSPS) is 10.9. The van der Waals surface area contributed by atoms with Gasteiger partial charge in [0.25, 0.3) is 5.91 Å². The molecule has 0 bridgehead atoms. The predicted octanol–water partition coefficient (Wildman–Crippen LogP) is 5.59. The van der Waals surface area contributed by atoms with Crippen LogP contribution in [0.25, 0.3) is 17.0 Å². The van der Waals surface area contributed by atoms with E-state index in [1.54, 1.807) is 43.5 Å². The van der Waals surface area contributed by atoms with E-state index in [2.05, 4.69) is 15.6 Å². The molecule has 4 rings (SSSR count). The Hall–Kier alpha value is -4.60. The maximum atomic E-state index is 12.9. The van der Waals surface area contributed by atoms with Crippen molar-refractivity contribution in [3.8, 4) is 11.5 Å². The summed E-state index contributed by atoms with van der Waals surface area (Å²) in [6, 6.07) is 17.7. The van der Waals surface area contributed by atoms with Crippen molar-refractivity contribution < 1.29 is 23.9 Å². The molecular weight excluding hydrogens is 591 g/mol. The Balaban J connectivity index is 1.40. The van der Waals surface area contributed by atoms with E-state index in [1.165, 1.54) is 25.1 Å². The van der Waals surface area contributed by atoms with Gasteiger partial charge in [-0.2, -0.15) is 0 Å². The standard InChI is InChI=1S/C32H30Cl2N4O5/c1-19-8-11-21-6-5-7-26(31(21)37-19)43-18-23-24(33)13-14-25(30(23)34)38(3)29(40)17-36-28(39)15-10-20-9-12-22(32(41)35-2)27(16-20)42-4/h5-16H,17-18H2,1-4H3,(H,35,41)(H,36,39)/b15-10+. The van der Waals surface area contributed by atoms with Crippen molar-refractivity contribution in [3.05, 3.63) is 99.2 Å². The van der Waals surface area contributed by atoms with Gasteiger partial charge in [-0.25, -0.2) is 4.98 Å². The Bertz CT molecular complexity index is 1720. The van der Waals surface area contributed by atoms with Crippen molar-refractivity contribution in [1.82, 2.24) is 15.6 Å². The van der Waals surface area contributed by atoms with Gasteiger partial charge in [0.05, 0.1) is 29.9 Å². The quantitative estimate of drug-likeness (QED) is 0.224. The number of halogens is 2. The molecule has 43 heavy (non-hydrogen) atoms. The molecule has 0 unspecified atom stereocenters. The smallest absolute Gasteiger partial charge is 0.254 e. The summed E-state index contributed by atoms with van der Waals surface area (Å²) in [5.74, 6) is -0.216. The number of aromatic nitrogens is 1. The van der Waals surface area contributed by atoms with E-state index in [0.717, 1.165) is 16.6 Å². The van der Waals surface area contributed by atoms with E-state index in [9.17, 15) is 14.4 Å². The summed E-state index contributed by atoms with van der Waals surface area (Å²) in [5.41, 5.74) is 3.52. The number of para-hydroxylation sites is 1. The molecule has 1 aromatic heterocycles. The van der Waals surface area contributed by atoms with Gasteiger partial charge in [0.1, 0.15) is 23.6 Å².